The Balaban J connectivity index is 1.69. The number of nitro groups is 1. The lowest BCUT2D eigenvalue weighted by Crippen LogP contribution is -2.21. The van der Waals surface area contributed by atoms with Crippen LogP contribution in [0.15, 0.2) is 47.5 Å². The molecular weight excluding hydrogens is 540 g/mol. The van der Waals surface area contributed by atoms with Crippen molar-refractivity contribution >= 4 is 60.7 Å². The van der Waals surface area contributed by atoms with Crippen LogP contribution in [0.5, 0.6) is 11.5 Å². The van der Waals surface area contributed by atoms with E-state index in [0.717, 1.165) is 12.3 Å². The molecule has 0 saturated carbocycles. The van der Waals surface area contributed by atoms with Crippen LogP contribution >= 0.6 is 22.9 Å². The maximum atomic E-state index is 12.9. The number of halogens is 1. The van der Waals surface area contributed by atoms with Crippen molar-refractivity contribution in [1.82, 2.24) is 4.98 Å². The second kappa shape index (κ2) is 11.2. The van der Waals surface area contributed by atoms with Gasteiger partial charge in [0.1, 0.15) is 17.7 Å². The van der Waals surface area contributed by atoms with E-state index in [4.69, 9.17) is 25.8 Å². The summed E-state index contributed by atoms with van der Waals surface area (Å²) in [5, 5.41) is 12.8. The molecule has 36 heavy (non-hydrogen) atoms. The van der Waals surface area contributed by atoms with Crippen LogP contribution in [-0.4, -0.2) is 51.0 Å². The normalized spacial score (nSPS) is 10.9. The first-order valence-electron chi connectivity index (χ1n) is 9.65. The number of amides is 1. The Morgan fingerprint density at radius 2 is 1.89 bits per heavy atom. The van der Waals surface area contributed by atoms with Crippen molar-refractivity contribution in [1.29, 1.82) is 0 Å². The van der Waals surface area contributed by atoms with Gasteiger partial charge in [-0.3, -0.25) is 24.9 Å². The number of carbonyl (C=O) groups excluding carboxylic acids is 2. The van der Waals surface area contributed by atoms with Crippen molar-refractivity contribution in [2.45, 2.75) is 4.90 Å². The third kappa shape index (κ3) is 6.38. The fourth-order valence-corrected chi connectivity index (χ4v) is 4.71. The number of nitrogens with zero attached hydrogens (tertiary/aromatic N) is 2. The van der Waals surface area contributed by atoms with Gasteiger partial charge in [0.15, 0.2) is 11.7 Å². The molecule has 1 amide bonds. The van der Waals surface area contributed by atoms with E-state index in [-0.39, 0.29) is 42.8 Å². The molecular formula is C20H17ClN4O9S2. The highest BCUT2D eigenvalue weighted by Gasteiger charge is 2.21. The fraction of sp³-hybridized carbons (Fsp3) is 0.150. The first kappa shape index (κ1) is 26.7. The van der Waals surface area contributed by atoms with Crippen LogP contribution in [0, 0.1) is 10.1 Å². The molecule has 2 aromatic carbocycles. The van der Waals surface area contributed by atoms with E-state index in [2.05, 4.69) is 15.0 Å². The van der Waals surface area contributed by atoms with Crippen molar-refractivity contribution in [2.75, 3.05) is 30.9 Å². The van der Waals surface area contributed by atoms with E-state index in [1.165, 1.54) is 44.6 Å². The number of ether oxygens (including phenoxy) is 3. The third-order valence-electron chi connectivity index (χ3n) is 4.35. The van der Waals surface area contributed by atoms with Gasteiger partial charge >= 0.3 is 11.0 Å². The predicted molar refractivity (Wildman–Crippen MR) is 129 cm³/mol. The molecule has 1 aromatic heterocycles. The van der Waals surface area contributed by atoms with Gasteiger partial charge in [-0.1, -0.05) is 17.7 Å². The lowest BCUT2D eigenvalue weighted by atomic mass is 10.2. The van der Waals surface area contributed by atoms with E-state index in [1.807, 2.05) is 0 Å². The molecule has 0 fully saturated rings. The van der Waals surface area contributed by atoms with Crippen molar-refractivity contribution < 1.29 is 37.1 Å². The maximum absolute atomic E-state index is 12.9. The average molecular weight is 557 g/mol. The van der Waals surface area contributed by atoms with Gasteiger partial charge < -0.3 is 14.2 Å². The summed E-state index contributed by atoms with van der Waals surface area (Å²) in [5.74, 6) is -1.34. The van der Waals surface area contributed by atoms with E-state index >= 15 is 0 Å². The molecule has 0 aliphatic carbocycles. The highest BCUT2D eigenvalue weighted by atomic mass is 35.5. The van der Waals surface area contributed by atoms with Gasteiger partial charge in [-0.25, -0.2) is 18.2 Å². The number of hydrogen-bond acceptors (Lipinski definition) is 11. The molecule has 190 valence electrons. The van der Waals surface area contributed by atoms with Gasteiger partial charge in [-0.15, -0.1) is 0 Å². The average Bonchev–Trinajstić information content (AvgIpc) is 3.31. The summed E-state index contributed by atoms with van der Waals surface area (Å²) < 4.78 is 43.3. The maximum Gasteiger partial charge on any atom is 0.345 e. The number of nitrogens with one attached hydrogen (secondary N) is 2. The molecule has 1 heterocycles. The Morgan fingerprint density at radius 1 is 1.17 bits per heavy atom. The molecule has 0 atom stereocenters. The molecule has 3 aromatic rings. The monoisotopic (exact) mass is 556 g/mol. The lowest BCUT2D eigenvalue weighted by molar-refractivity contribution is -0.380. The van der Waals surface area contributed by atoms with Gasteiger partial charge in [0.2, 0.25) is 0 Å². The van der Waals surface area contributed by atoms with Crippen LogP contribution in [-0.2, 0) is 19.6 Å². The van der Waals surface area contributed by atoms with Crippen molar-refractivity contribution in [3.8, 4) is 11.5 Å². The fourth-order valence-electron chi connectivity index (χ4n) is 2.71. The highest BCUT2D eigenvalue weighted by Crippen LogP contribution is 2.37. The van der Waals surface area contributed by atoms with Crippen LogP contribution in [0.25, 0.3) is 0 Å². The number of methoxy groups -OCH3 is 2. The van der Waals surface area contributed by atoms with Crippen molar-refractivity contribution in [2.24, 2.45) is 0 Å². The number of anilines is 2. The number of hydrogen-bond donors (Lipinski definition) is 2. The number of esters is 1. The molecule has 0 aliphatic heterocycles. The van der Waals surface area contributed by atoms with Gasteiger partial charge in [0, 0.05) is 6.07 Å². The summed E-state index contributed by atoms with van der Waals surface area (Å²) in [4.78, 5) is 37.7. The summed E-state index contributed by atoms with van der Waals surface area (Å²) >= 11 is 6.71. The number of sulfonamides is 1. The minimum Gasteiger partial charge on any atom is -0.495 e. The summed E-state index contributed by atoms with van der Waals surface area (Å²) in [5.41, 5.74) is -0.106. The summed E-state index contributed by atoms with van der Waals surface area (Å²) in [6, 6.07) is 7.64. The zero-order valence-electron chi connectivity index (χ0n) is 18.5. The number of aromatic nitrogens is 1. The zero-order chi connectivity index (χ0) is 26.5. The first-order valence-corrected chi connectivity index (χ1v) is 12.3. The molecule has 3 rings (SSSR count). The molecule has 0 saturated heterocycles. The third-order valence-corrected chi connectivity index (χ3v) is 6.88. The van der Waals surface area contributed by atoms with Gasteiger partial charge in [0.25, 0.3) is 15.9 Å². The standard InChI is InChI=1S/C20H17ClN4O9S2/c1-32-15-8-16(33-2)14(7-13(15)21)24-36(30,31)12-5-3-4-11(6-12)19(27)34-10-17(26)23-20-22-9-18(35-20)25(28)29/h3-9,24H,10H2,1-2H3,(H,22,23,26). The molecule has 13 nitrogen and oxygen atoms in total. The molecule has 0 spiro atoms. The second-order valence-electron chi connectivity index (χ2n) is 6.71. The molecule has 2 N–H and O–H groups in total. The smallest absolute Gasteiger partial charge is 0.345 e. The van der Waals surface area contributed by atoms with Crippen LogP contribution in [0.3, 0.4) is 0 Å². The number of thiazole rings is 1. The minimum atomic E-state index is -4.19. The Bertz CT molecular complexity index is 1430. The summed E-state index contributed by atoms with van der Waals surface area (Å²) in [6.07, 6.45) is 0.974. The van der Waals surface area contributed by atoms with E-state index in [1.54, 1.807) is 0 Å². The lowest BCUT2D eigenvalue weighted by Gasteiger charge is -2.14. The molecule has 0 bridgehead atoms. The topological polar surface area (TPSA) is 176 Å². The number of rotatable bonds is 10. The largest absolute Gasteiger partial charge is 0.495 e. The predicted octanol–water partition coefficient (Wildman–Crippen LogP) is 3.32. The van der Waals surface area contributed by atoms with Gasteiger partial charge in [-0.05, 0) is 35.6 Å². The van der Waals surface area contributed by atoms with Crippen LogP contribution in [0.2, 0.25) is 5.02 Å². The molecule has 0 unspecified atom stereocenters. The molecule has 0 aliphatic rings. The second-order valence-corrected chi connectivity index (χ2v) is 9.80. The molecule has 0 radical (unpaired) electrons. The van der Waals surface area contributed by atoms with E-state index < -0.39 is 33.4 Å². The zero-order valence-corrected chi connectivity index (χ0v) is 20.9. The Morgan fingerprint density at radius 3 is 2.53 bits per heavy atom. The highest BCUT2D eigenvalue weighted by molar-refractivity contribution is 7.92. The van der Waals surface area contributed by atoms with Gasteiger partial charge in [-0.2, -0.15) is 0 Å². The Labute approximate surface area is 213 Å². The van der Waals surface area contributed by atoms with E-state index in [9.17, 15) is 28.1 Å². The number of benzene rings is 2. The quantitative estimate of drug-likeness (QED) is 0.214. The Kier molecular flexibility index (Phi) is 8.29. The van der Waals surface area contributed by atoms with E-state index in [0.29, 0.717) is 11.3 Å². The van der Waals surface area contributed by atoms with Crippen LogP contribution in [0.4, 0.5) is 15.8 Å². The van der Waals surface area contributed by atoms with Gasteiger partial charge in [0.05, 0.1) is 40.3 Å². The molecule has 16 heteroatoms. The number of carbonyl (C=O) groups is 2. The first-order chi connectivity index (χ1) is 17.0. The van der Waals surface area contributed by atoms with Crippen molar-refractivity contribution in [3.63, 3.8) is 0 Å². The summed E-state index contributed by atoms with van der Waals surface area (Å²) in [6.45, 7) is -0.733. The van der Waals surface area contributed by atoms with Crippen LogP contribution < -0.4 is 19.5 Å². The SMILES string of the molecule is COc1cc(OC)c(NS(=O)(=O)c2cccc(C(=O)OCC(=O)Nc3ncc([N+](=O)[O-])s3)c2)cc1Cl. The Hall–Kier alpha value is -3.95. The van der Waals surface area contributed by atoms with Crippen molar-refractivity contribution in [3.05, 3.63) is 63.3 Å². The van der Waals surface area contributed by atoms with Crippen LogP contribution in [0.1, 0.15) is 10.4 Å². The summed E-state index contributed by atoms with van der Waals surface area (Å²) in [7, 11) is -1.46. The minimum absolute atomic E-state index is 0.0374.